The Kier molecular flexibility index (Phi) is 3.85. The van der Waals surface area contributed by atoms with Crippen molar-refractivity contribution in [2.24, 2.45) is 11.7 Å². The summed E-state index contributed by atoms with van der Waals surface area (Å²) >= 11 is 0. The number of benzene rings is 1. The number of carbonyl (C=O) groups is 2. The molecule has 2 rings (SSSR count). The summed E-state index contributed by atoms with van der Waals surface area (Å²) in [5.74, 6) is -0.243. The van der Waals surface area contributed by atoms with E-state index in [-0.39, 0.29) is 23.4 Å². The van der Waals surface area contributed by atoms with Gasteiger partial charge in [-0.15, -0.1) is 0 Å². The normalized spacial score (nSPS) is 19.5. The number of primary amides is 1. The quantitative estimate of drug-likeness (QED) is 0.790. The molecule has 1 aliphatic heterocycles. The number of phenols is 1. The van der Waals surface area contributed by atoms with E-state index in [9.17, 15) is 14.7 Å². The van der Waals surface area contributed by atoms with E-state index in [4.69, 9.17) is 5.73 Å². The van der Waals surface area contributed by atoms with Gasteiger partial charge in [0, 0.05) is 24.2 Å². The van der Waals surface area contributed by atoms with Crippen LogP contribution in [0.5, 0.6) is 5.75 Å². The molecule has 19 heavy (non-hydrogen) atoms. The van der Waals surface area contributed by atoms with Gasteiger partial charge in [-0.25, -0.2) is 0 Å². The fraction of sp³-hybridized carbons (Fsp3) is 0.429. The van der Waals surface area contributed by atoms with E-state index in [0.29, 0.717) is 24.2 Å². The van der Waals surface area contributed by atoms with Crippen LogP contribution in [0.3, 0.4) is 0 Å². The highest BCUT2D eigenvalue weighted by Crippen LogP contribution is 2.24. The molecule has 5 nitrogen and oxygen atoms in total. The standard InChI is InChI=1S/C14H18N2O3/c1-9(17)10-2-3-13(18)12(6-10)8-16-5-4-11(7-16)14(15)19/h2-3,6,11,18H,4-5,7-8H2,1H3,(H2,15,19). The van der Waals surface area contributed by atoms with Crippen LogP contribution in [-0.4, -0.2) is 34.8 Å². The molecule has 0 bridgehead atoms. The summed E-state index contributed by atoms with van der Waals surface area (Å²) in [6.45, 7) is 3.41. The van der Waals surface area contributed by atoms with Gasteiger partial charge in [0.1, 0.15) is 5.75 Å². The first-order chi connectivity index (χ1) is 8.97. The van der Waals surface area contributed by atoms with E-state index in [1.807, 2.05) is 0 Å². The van der Waals surface area contributed by atoms with Crippen LogP contribution in [-0.2, 0) is 11.3 Å². The number of amides is 1. The molecule has 0 aromatic heterocycles. The van der Waals surface area contributed by atoms with E-state index in [2.05, 4.69) is 4.90 Å². The molecule has 5 heteroatoms. The molecule has 3 N–H and O–H groups in total. The molecule has 0 radical (unpaired) electrons. The van der Waals surface area contributed by atoms with Gasteiger partial charge in [-0.3, -0.25) is 14.5 Å². The first-order valence-corrected chi connectivity index (χ1v) is 6.32. The number of nitrogens with two attached hydrogens (primary N) is 1. The van der Waals surface area contributed by atoms with Gasteiger partial charge in [0.2, 0.25) is 5.91 Å². The lowest BCUT2D eigenvalue weighted by molar-refractivity contribution is -0.121. The maximum atomic E-state index is 11.3. The Morgan fingerprint density at radius 2 is 2.21 bits per heavy atom. The summed E-state index contributed by atoms with van der Waals surface area (Å²) in [6.07, 6.45) is 0.752. The SMILES string of the molecule is CC(=O)c1ccc(O)c(CN2CCC(C(N)=O)C2)c1. The average Bonchev–Trinajstić information content (AvgIpc) is 2.80. The molecule has 0 saturated carbocycles. The number of hydrogen-bond acceptors (Lipinski definition) is 4. The molecule has 1 heterocycles. The zero-order valence-electron chi connectivity index (χ0n) is 10.9. The van der Waals surface area contributed by atoms with Gasteiger partial charge in [0.05, 0.1) is 5.92 Å². The van der Waals surface area contributed by atoms with Gasteiger partial charge in [0.25, 0.3) is 0 Å². The maximum absolute atomic E-state index is 11.3. The first kappa shape index (κ1) is 13.5. The van der Waals surface area contributed by atoms with Crippen molar-refractivity contribution >= 4 is 11.7 Å². The van der Waals surface area contributed by atoms with E-state index in [1.54, 1.807) is 12.1 Å². The summed E-state index contributed by atoms with van der Waals surface area (Å²) in [7, 11) is 0. The van der Waals surface area contributed by atoms with Crippen LogP contribution < -0.4 is 5.73 Å². The van der Waals surface area contributed by atoms with Crippen molar-refractivity contribution in [1.29, 1.82) is 0 Å². The van der Waals surface area contributed by atoms with Crippen LogP contribution >= 0.6 is 0 Å². The molecule has 0 spiro atoms. The second-order valence-electron chi connectivity index (χ2n) is 5.02. The fourth-order valence-corrected chi connectivity index (χ4v) is 2.38. The molecular formula is C14H18N2O3. The number of ketones is 1. The van der Waals surface area contributed by atoms with Gasteiger partial charge in [-0.2, -0.15) is 0 Å². The minimum atomic E-state index is -0.274. The molecule has 102 valence electrons. The number of nitrogens with zero attached hydrogens (tertiary/aromatic N) is 1. The first-order valence-electron chi connectivity index (χ1n) is 6.32. The topological polar surface area (TPSA) is 83.6 Å². The number of Topliss-reactive ketones (excluding diaryl/α,β-unsaturated/α-hetero) is 1. The zero-order chi connectivity index (χ0) is 14.0. The molecule has 1 aromatic carbocycles. The van der Waals surface area contributed by atoms with Crippen LogP contribution in [0, 0.1) is 5.92 Å². The number of aromatic hydroxyl groups is 1. The Hall–Kier alpha value is -1.88. The number of phenolic OH excluding ortho intramolecular Hbond substituents is 1. The second kappa shape index (κ2) is 5.40. The number of hydrogen-bond donors (Lipinski definition) is 2. The third-order valence-electron chi connectivity index (χ3n) is 3.55. The summed E-state index contributed by atoms with van der Waals surface area (Å²) in [4.78, 5) is 24.5. The Morgan fingerprint density at radius 1 is 1.47 bits per heavy atom. The van der Waals surface area contributed by atoms with Crippen LogP contribution in [0.25, 0.3) is 0 Å². The third-order valence-corrected chi connectivity index (χ3v) is 3.55. The lowest BCUT2D eigenvalue weighted by atomic mass is 10.1. The molecule has 1 saturated heterocycles. The summed E-state index contributed by atoms with van der Waals surface area (Å²) in [6, 6.07) is 4.85. The Labute approximate surface area is 112 Å². The predicted molar refractivity (Wildman–Crippen MR) is 70.7 cm³/mol. The number of rotatable bonds is 4. The van der Waals surface area contributed by atoms with Crippen molar-refractivity contribution in [3.05, 3.63) is 29.3 Å². The van der Waals surface area contributed by atoms with E-state index < -0.39 is 0 Å². The highest BCUT2D eigenvalue weighted by atomic mass is 16.3. The molecule has 0 aliphatic carbocycles. The van der Waals surface area contributed by atoms with Gasteiger partial charge >= 0.3 is 0 Å². The fourth-order valence-electron chi connectivity index (χ4n) is 2.38. The molecular weight excluding hydrogens is 244 g/mol. The van der Waals surface area contributed by atoms with Crippen molar-refractivity contribution in [1.82, 2.24) is 4.90 Å². The van der Waals surface area contributed by atoms with E-state index >= 15 is 0 Å². The molecule has 1 aliphatic rings. The maximum Gasteiger partial charge on any atom is 0.221 e. The van der Waals surface area contributed by atoms with Crippen molar-refractivity contribution < 1.29 is 14.7 Å². The van der Waals surface area contributed by atoms with Crippen molar-refractivity contribution in [3.63, 3.8) is 0 Å². The highest BCUT2D eigenvalue weighted by molar-refractivity contribution is 5.94. The smallest absolute Gasteiger partial charge is 0.221 e. The minimum absolute atomic E-state index is 0.0299. The van der Waals surface area contributed by atoms with Crippen molar-refractivity contribution in [2.45, 2.75) is 19.9 Å². The molecule has 1 fully saturated rings. The Morgan fingerprint density at radius 3 is 2.79 bits per heavy atom. The summed E-state index contributed by atoms with van der Waals surface area (Å²) in [5, 5.41) is 9.82. The van der Waals surface area contributed by atoms with Crippen molar-refractivity contribution in [3.8, 4) is 5.75 Å². The lowest BCUT2D eigenvalue weighted by Crippen LogP contribution is -2.27. The van der Waals surface area contributed by atoms with Crippen LogP contribution in [0.4, 0.5) is 0 Å². The van der Waals surface area contributed by atoms with Gasteiger partial charge in [-0.1, -0.05) is 0 Å². The van der Waals surface area contributed by atoms with Crippen LogP contribution in [0.15, 0.2) is 18.2 Å². The van der Waals surface area contributed by atoms with Crippen molar-refractivity contribution in [2.75, 3.05) is 13.1 Å². The Balaban J connectivity index is 2.09. The van der Waals surface area contributed by atoms with E-state index in [0.717, 1.165) is 13.0 Å². The van der Waals surface area contributed by atoms with E-state index in [1.165, 1.54) is 13.0 Å². The van der Waals surface area contributed by atoms with Crippen LogP contribution in [0.1, 0.15) is 29.3 Å². The van der Waals surface area contributed by atoms with Gasteiger partial charge in [0.15, 0.2) is 5.78 Å². The van der Waals surface area contributed by atoms with Gasteiger partial charge < -0.3 is 10.8 Å². The Bertz CT molecular complexity index is 513. The number of likely N-dealkylation sites (tertiary alicyclic amines) is 1. The zero-order valence-corrected chi connectivity index (χ0v) is 10.9. The third kappa shape index (κ3) is 3.12. The average molecular weight is 262 g/mol. The monoisotopic (exact) mass is 262 g/mol. The number of carbonyl (C=O) groups excluding carboxylic acids is 2. The second-order valence-corrected chi connectivity index (χ2v) is 5.02. The summed E-state index contributed by atoms with van der Waals surface area (Å²) in [5.41, 5.74) is 6.58. The molecule has 1 amide bonds. The molecule has 1 unspecified atom stereocenters. The summed E-state index contributed by atoms with van der Waals surface area (Å²) < 4.78 is 0. The van der Waals surface area contributed by atoms with Crippen LogP contribution in [0.2, 0.25) is 0 Å². The lowest BCUT2D eigenvalue weighted by Gasteiger charge is -2.16. The predicted octanol–water partition coefficient (Wildman–Crippen LogP) is 0.902. The molecule has 1 atom stereocenters. The minimum Gasteiger partial charge on any atom is -0.508 e. The molecule has 1 aromatic rings. The van der Waals surface area contributed by atoms with Gasteiger partial charge in [-0.05, 0) is 38.1 Å². The highest BCUT2D eigenvalue weighted by Gasteiger charge is 2.26. The largest absolute Gasteiger partial charge is 0.508 e.